The monoisotopic (exact) mass is 395 g/mol. The molecule has 3 aromatic rings. The number of aryl methyl sites for hydroxylation is 2. The lowest BCUT2D eigenvalue weighted by Gasteiger charge is -2.28. The molecule has 0 unspecified atom stereocenters. The van der Waals surface area contributed by atoms with Crippen molar-refractivity contribution in [1.82, 2.24) is 25.2 Å². The SMILES string of the molecule is Cc1nn(CC(=O)NCCCN2CCc3ccccc3C2)c(=O)c2noc(C)c12. The molecule has 1 amide bonds. The number of fused-ring (bicyclic) bond motifs is 2. The molecule has 0 spiro atoms. The fourth-order valence-electron chi connectivity index (χ4n) is 3.92. The highest BCUT2D eigenvalue weighted by atomic mass is 16.5. The van der Waals surface area contributed by atoms with Crippen molar-refractivity contribution in [2.45, 2.75) is 39.8 Å². The molecule has 1 aliphatic heterocycles. The first-order valence-corrected chi connectivity index (χ1v) is 9.92. The van der Waals surface area contributed by atoms with Gasteiger partial charge in [-0.15, -0.1) is 0 Å². The zero-order valence-corrected chi connectivity index (χ0v) is 16.8. The van der Waals surface area contributed by atoms with Crippen LogP contribution in [-0.4, -0.2) is 45.4 Å². The number of rotatable bonds is 6. The van der Waals surface area contributed by atoms with Gasteiger partial charge in [0, 0.05) is 26.2 Å². The van der Waals surface area contributed by atoms with E-state index in [-0.39, 0.29) is 18.0 Å². The molecule has 152 valence electrons. The number of carbonyl (C=O) groups is 1. The second-order valence-corrected chi connectivity index (χ2v) is 7.51. The van der Waals surface area contributed by atoms with E-state index in [0.29, 0.717) is 23.4 Å². The first-order chi connectivity index (χ1) is 14.0. The lowest BCUT2D eigenvalue weighted by Crippen LogP contribution is -2.36. The third-order valence-corrected chi connectivity index (χ3v) is 5.41. The average Bonchev–Trinajstić information content (AvgIpc) is 3.11. The maximum atomic E-state index is 12.5. The van der Waals surface area contributed by atoms with E-state index in [1.54, 1.807) is 13.8 Å². The van der Waals surface area contributed by atoms with E-state index < -0.39 is 5.56 Å². The van der Waals surface area contributed by atoms with Crippen molar-refractivity contribution in [3.63, 3.8) is 0 Å². The molecule has 0 bridgehead atoms. The van der Waals surface area contributed by atoms with Gasteiger partial charge in [0.25, 0.3) is 5.56 Å². The van der Waals surface area contributed by atoms with Crippen molar-refractivity contribution < 1.29 is 9.32 Å². The summed E-state index contributed by atoms with van der Waals surface area (Å²) in [7, 11) is 0. The maximum absolute atomic E-state index is 12.5. The van der Waals surface area contributed by atoms with Crippen LogP contribution in [0.15, 0.2) is 33.6 Å². The second kappa shape index (κ2) is 8.16. The second-order valence-electron chi connectivity index (χ2n) is 7.51. The first kappa shape index (κ1) is 19.3. The zero-order chi connectivity index (χ0) is 20.4. The van der Waals surface area contributed by atoms with Gasteiger partial charge in [-0.2, -0.15) is 5.10 Å². The van der Waals surface area contributed by atoms with E-state index >= 15 is 0 Å². The number of amides is 1. The molecular formula is C21H25N5O3. The Morgan fingerprint density at radius 2 is 2.03 bits per heavy atom. The molecule has 0 radical (unpaired) electrons. The largest absolute Gasteiger partial charge is 0.360 e. The first-order valence-electron chi connectivity index (χ1n) is 9.92. The molecule has 0 fully saturated rings. The van der Waals surface area contributed by atoms with Crippen molar-refractivity contribution in [1.29, 1.82) is 0 Å². The normalized spacial score (nSPS) is 14.1. The summed E-state index contributed by atoms with van der Waals surface area (Å²) in [5.74, 6) is 0.321. The number of nitrogens with zero attached hydrogens (tertiary/aromatic N) is 4. The molecule has 1 N–H and O–H groups in total. The van der Waals surface area contributed by atoms with Crippen molar-refractivity contribution >= 4 is 16.8 Å². The quantitative estimate of drug-likeness (QED) is 0.637. The molecule has 0 atom stereocenters. The van der Waals surface area contributed by atoms with E-state index in [1.165, 1.54) is 11.1 Å². The number of nitrogens with one attached hydrogen (secondary N) is 1. The number of hydrogen-bond acceptors (Lipinski definition) is 6. The Morgan fingerprint density at radius 1 is 1.24 bits per heavy atom. The van der Waals surface area contributed by atoms with Crippen molar-refractivity contribution in [2.75, 3.05) is 19.6 Å². The van der Waals surface area contributed by atoms with Gasteiger partial charge in [-0.1, -0.05) is 29.4 Å². The van der Waals surface area contributed by atoms with Gasteiger partial charge in [0.15, 0.2) is 5.52 Å². The summed E-state index contributed by atoms with van der Waals surface area (Å²) in [6.07, 6.45) is 1.93. The third-order valence-electron chi connectivity index (χ3n) is 5.41. The summed E-state index contributed by atoms with van der Waals surface area (Å²) in [6, 6.07) is 8.55. The maximum Gasteiger partial charge on any atom is 0.297 e. The molecule has 0 saturated heterocycles. The van der Waals surface area contributed by atoms with E-state index in [4.69, 9.17) is 4.52 Å². The Hall–Kier alpha value is -3.00. The van der Waals surface area contributed by atoms with Gasteiger partial charge in [0.1, 0.15) is 12.3 Å². The highest BCUT2D eigenvalue weighted by Crippen LogP contribution is 2.18. The molecule has 1 aliphatic rings. The molecule has 4 rings (SSSR count). The lowest BCUT2D eigenvalue weighted by molar-refractivity contribution is -0.121. The molecule has 0 aliphatic carbocycles. The molecule has 8 heteroatoms. The van der Waals surface area contributed by atoms with Gasteiger partial charge < -0.3 is 9.84 Å². The van der Waals surface area contributed by atoms with Crippen LogP contribution in [0.2, 0.25) is 0 Å². The Bertz CT molecular complexity index is 1100. The number of hydrogen-bond donors (Lipinski definition) is 1. The fraction of sp³-hybridized carbons (Fsp3) is 0.429. The standard InChI is InChI=1S/C21H25N5O3/c1-14-19-15(2)29-24-20(19)21(28)26(23-14)13-18(27)22-9-5-10-25-11-8-16-6-3-4-7-17(16)12-25/h3-4,6-7H,5,8-13H2,1-2H3,(H,22,27). The van der Waals surface area contributed by atoms with Crippen LogP contribution in [0.1, 0.15) is 29.0 Å². The van der Waals surface area contributed by atoms with Crippen molar-refractivity contribution in [3.05, 3.63) is 57.2 Å². The Morgan fingerprint density at radius 3 is 2.86 bits per heavy atom. The minimum atomic E-state index is -0.412. The summed E-state index contributed by atoms with van der Waals surface area (Å²) in [6.45, 7) is 6.88. The zero-order valence-electron chi connectivity index (χ0n) is 16.8. The summed E-state index contributed by atoms with van der Waals surface area (Å²) < 4.78 is 6.24. The molecule has 29 heavy (non-hydrogen) atoms. The predicted octanol–water partition coefficient (Wildman–Crippen LogP) is 1.57. The number of carbonyl (C=O) groups excluding carboxylic acids is 1. The fourth-order valence-corrected chi connectivity index (χ4v) is 3.92. The summed E-state index contributed by atoms with van der Waals surface area (Å²) in [5, 5.41) is 11.5. The highest BCUT2D eigenvalue weighted by Gasteiger charge is 2.17. The van der Waals surface area contributed by atoms with Crippen LogP contribution in [0, 0.1) is 13.8 Å². The molecule has 8 nitrogen and oxygen atoms in total. The van der Waals surface area contributed by atoms with Crippen LogP contribution >= 0.6 is 0 Å². The van der Waals surface area contributed by atoms with Gasteiger partial charge in [-0.05, 0) is 37.8 Å². The lowest BCUT2D eigenvalue weighted by atomic mass is 10.00. The van der Waals surface area contributed by atoms with Gasteiger partial charge in [-0.25, -0.2) is 4.68 Å². The molecule has 3 heterocycles. The minimum Gasteiger partial charge on any atom is -0.360 e. The summed E-state index contributed by atoms with van der Waals surface area (Å²) in [5.41, 5.74) is 3.25. The van der Waals surface area contributed by atoms with Crippen LogP contribution in [0.4, 0.5) is 0 Å². The van der Waals surface area contributed by atoms with E-state index in [1.807, 2.05) is 0 Å². The number of benzene rings is 1. The molecular weight excluding hydrogens is 370 g/mol. The average molecular weight is 395 g/mol. The highest BCUT2D eigenvalue weighted by molar-refractivity contribution is 5.82. The van der Waals surface area contributed by atoms with Crippen LogP contribution in [0.5, 0.6) is 0 Å². The topological polar surface area (TPSA) is 93.3 Å². The Labute approximate surface area is 168 Å². The summed E-state index contributed by atoms with van der Waals surface area (Å²) in [4.78, 5) is 27.1. The van der Waals surface area contributed by atoms with Crippen LogP contribution in [0.3, 0.4) is 0 Å². The van der Waals surface area contributed by atoms with Crippen molar-refractivity contribution in [2.24, 2.45) is 0 Å². The van der Waals surface area contributed by atoms with Crippen LogP contribution in [0.25, 0.3) is 10.9 Å². The van der Waals surface area contributed by atoms with Crippen LogP contribution < -0.4 is 10.9 Å². The third kappa shape index (κ3) is 4.07. The van der Waals surface area contributed by atoms with E-state index in [9.17, 15) is 9.59 Å². The predicted molar refractivity (Wildman–Crippen MR) is 109 cm³/mol. The van der Waals surface area contributed by atoms with Gasteiger partial charge in [-0.3, -0.25) is 14.5 Å². The van der Waals surface area contributed by atoms with Gasteiger partial charge >= 0.3 is 0 Å². The van der Waals surface area contributed by atoms with Crippen LogP contribution in [-0.2, 0) is 24.3 Å². The Balaban J connectivity index is 1.27. The smallest absolute Gasteiger partial charge is 0.297 e. The minimum absolute atomic E-state index is 0.126. The molecule has 0 saturated carbocycles. The van der Waals surface area contributed by atoms with Crippen molar-refractivity contribution in [3.8, 4) is 0 Å². The van der Waals surface area contributed by atoms with E-state index in [0.717, 1.165) is 37.2 Å². The molecule has 2 aromatic heterocycles. The molecule has 1 aromatic carbocycles. The Kier molecular flexibility index (Phi) is 5.44. The van der Waals surface area contributed by atoms with Gasteiger partial charge in [0.05, 0.1) is 11.1 Å². The summed E-state index contributed by atoms with van der Waals surface area (Å²) >= 11 is 0. The van der Waals surface area contributed by atoms with Gasteiger partial charge in [0.2, 0.25) is 5.91 Å². The van der Waals surface area contributed by atoms with E-state index in [2.05, 4.69) is 44.7 Å². The number of aromatic nitrogens is 3.